The van der Waals surface area contributed by atoms with Crippen molar-refractivity contribution in [2.75, 3.05) is 30.8 Å². The Hall–Kier alpha value is -4.58. The molecule has 0 aliphatic carbocycles. The number of ether oxygens (including phenoxy) is 1. The van der Waals surface area contributed by atoms with E-state index in [4.69, 9.17) is 4.74 Å². The Balaban J connectivity index is 1.22. The lowest BCUT2D eigenvalue weighted by Crippen LogP contribution is -2.26. The van der Waals surface area contributed by atoms with Crippen molar-refractivity contribution >= 4 is 23.2 Å². The molecular weight excluding hydrogens is 462 g/mol. The van der Waals surface area contributed by atoms with Crippen molar-refractivity contribution in [3.63, 3.8) is 0 Å². The second-order valence-corrected chi connectivity index (χ2v) is 8.74. The van der Waals surface area contributed by atoms with E-state index in [0.717, 1.165) is 17.7 Å². The van der Waals surface area contributed by atoms with Crippen molar-refractivity contribution < 1.29 is 14.3 Å². The monoisotopic (exact) mass is 493 g/mol. The summed E-state index contributed by atoms with van der Waals surface area (Å²) < 4.78 is 5.80. The molecule has 0 spiro atoms. The van der Waals surface area contributed by atoms with E-state index in [9.17, 15) is 9.59 Å². The Morgan fingerprint density at radius 3 is 2.14 bits per heavy atom. The summed E-state index contributed by atoms with van der Waals surface area (Å²) in [4.78, 5) is 27.0. The molecule has 0 aliphatic rings. The van der Waals surface area contributed by atoms with Crippen LogP contribution in [0.2, 0.25) is 0 Å². The fourth-order valence-electron chi connectivity index (χ4n) is 3.87. The first-order chi connectivity index (χ1) is 18.1. The van der Waals surface area contributed by atoms with Crippen LogP contribution in [0.1, 0.15) is 21.5 Å². The Morgan fingerprint density at radius 2 is 1.43 bits per heavy atom. The fourth-order valence-corrected chi connectivity index (χ4v) is 3.87. The Labute approximate surface area is 217 Å². The van der Waals surface area contributed by atoms with Crippen LogP contribution in [-0.4, -0.2) is 36.9 Å². The summed E-state index contributed by atoms with van der Waals surface area (Å²) in [6.07, 6.45) is 0.834. The van der Waals surface area contributed by atoms with Crippen molar-refractivity contribution in [2.24, 2.45) is 0 Å². The van der Waals surface area contributed by atoms with Gasteiger partial charge in [-0.2, -0.15) is 0 Å². The van der Waals surface area contributed by atoms with E-state index in [-0.39, 0.29) is 18.4 Å². The number of carbonyl (C=O) groups excluding carboxylic acids is 2. The maximum Gasteiger partial charge on any atom is 0.253 e. The van der Waals surface area contributed by atoms with Gasteiger partial charge in [0.1, 0.15) is 5.75 Å². The molecule has 0 fully saturated rings. The lowest BCUT2D eigenvalue weighted by Gasteiger charge is -2.18. The third-order valence-electron chi connectivity index (χ3n) is 5.81. The van der Waals surface area contributed by atoms with E-state index in [2.05, 4.69) is 22.8 Å². The minimum Gasteiger partial charge on any atom is -0.493 e. The number of amides is 2. The maximum atomic E-state index is 12.9. The number of hydrogen-bond donors (Lipinski definition) is 2. The number of anilines is 2. The molecule has 2 amide bonds. The van der Waals surface area contributed by atoms with Crippen LogP contribution >= 0.6 is 0 Å². The summed E-state index contributed by atoms with van der Waals surface area (Å²) in [5.41, 5.74) is 4.25. The van der Waals surface area contributed by atoms with Crippen molar-refractivity contribution in [3.8, 4) is 5.75 Å². The number of benzene rings is 4. The van der Waals surface area contributed by atoms with Crippen LogP contribution in [0.25, 0.3) is 0 Å². The van der Waals surface area contributed by atoms with Crippen molar-refractivity contribution in [1.29, 1.82) is 0 Å². The number of rotatable bonds is 11. The average Bonchev–Trinajstić information content (AvgIpc) is 2.94. The molecule has 0 atom stereocenters. The molecule has 37 heavy (non-hydrogen) atoms. The summed E-state index contributed by atoms with van der Waals surface area (Å²) in [6, 6.07) is 34.5. The highest BCUT2D eigenvalue weighted by atomic mass is 16.5. The predicted octanol–water partition coefficient (Wildman–Crippen LogP) is 5.63. The summed E-state index contributed by atoms with van der Waals surface area (Å²) >= 11 is 0. The van der Waals surface area contributed by atoms with E-state index < -0.39 is 0 Å². The Morgan fingerprint density at radius 1 is 0.757 bits per heavy atom. The van der Waals surface area contributed by atoms with Gasteiger partial charge in [0.25, 0.3) is 5.91 Å². The summed E-state index contributed by atoms with van der Waals surface area (Å²) in [6.45, 7) is 1.19. The number of hydrogen-bond acceptors (Lipinski definition) is 4. The van der Waals surface area contributed by atoms with Gasteiger partial charge in [0.2, 0.25) is 5.91 Å². The first-order valence-corrected chi connectivity index (χ1v) is 12.3. The predicted molar refractivity (Wildman–Crippen MR) is 148 cm³/mol. The van der Waals surface area contributed by atoms with Crippen LogP contribution in [-0.2, 0) is 17.8 Å². The van der Waals surface area contributed by atoms with Gasteiger partial charge in [0.05, 0.1) is 13.2 Å². The highest BCUT2D eigenvalue weighted by Gasteiger charge is 2.13. The van der Waals surface area contributed by atoms with Crippen molar-refractivity contribution in [2.45, 2.75) is 13.0 Å². The second kappa shape index (κ2) is 12.9. The van der Waals surface area contributed by atoms with Gasteiger partial charge in [0, 0.05) is 37.0 Å². The quantitative estimate of drug-likeness (QED) is 0.284. The molecule has 4 aromatic carbocycles. The topological polar surface area (TPSA) is 70.7 Å². The van der Waals surface area contributed by atoms with Gasteiger partial charge in [-0.25, -0.2) is 0 Å². The number of carbonyl (C=O) groups is 2. The van der Waals surface area contributed by atoms with Gasteiger partial charge < -0.3 is 20.3 Å². The zero-order valence-corrected chi connectivity index (χ0v) is 20.9. The first kappa shape index (κ1) is 25.5. The third-order valence-corrected chi connectivity index (χ3v) is 5.81. The molecule has 188 valence electrons. The third kappa shape index (κ3) is 7.97. The molecule has 0 unspecified atom stereocenters. The van der Waals surface area contributed by atoms with Gasteiger partial charge >= 0.3 is 0 Å². The zero-order chi connectivity index (χ0) is 25.9. The van der Waals surface area contributed by atoms with E-state index in [1.807, 2.05) is 78.9 Å². The molecule has 0 saturated heterocycles. The SMILES string of the molecule is CN(Cc1ccccc1)C(=O)c1cccc(NCC(=O)Nc2ccc(OCCc3ccccc3)cc2)c1. The molecule has 4 aromatic rings. The molecule has 0 aromatic heterocycles. The number of nitrogens with one attached hydrogen (secondary N) is 2. The highest BCUT2D eigenvalue weighted by Crippen LogP contribution is 2.17. The average molecular weight is 494 g/mol. The van der Waals surface area contributed by atoms with E-state index in [1.54, 1.807) is 30.1 Å². The van der Waals surface area contributed by atoms with Gasteiger partial charge in [-0.1, -0.05) is 66.7 Å². The minimum atomic E-state index is -0.185. The standard InChI is InChI=1S/C31H31N3O3/c1-34(23-25-11-6-3-7-12-25)31(36)26-13-8-14-28(21-26)32-22-30(35)33-27-15-17-29(18-16-27)37-20-19-24-9-4-2-5-10-24/h2-18,21,32H,19-20,22-23H2,1H3,(H,33,35). The number of nitrogens with zero attached hydrogens (tertiary/aromatic N) is 1. The van der Waals surface area contributed by atoms with Gasteiger partial charge in [-0.05, 0) is 53.6 Å². The van der Waals surface area contributed by atoms with Gasteiger partial charge in [-0.15, -0.1) is 0 Å². The normalized spacial score (nSPS) is 10.4. The summed E-state index contributed by atoms with van der Waals surface area (Å²) in [7, 11) is 1.78. The molecule has 2 N–H and O–H groups in total. The molecule has 0 aliphatic heterocycles. The molecular formula is C31H31N3O3. The van der Waals surface area contributed by atoms with Gasteiger partial charge in [-0.3, -0.25) is 9.59 Å². The van der Waals surface area contributed by atoms with E-state index >= 15 is 0 Å². The van der Waals surface area contributed by atoms with Crippen LogP contribution in [0.3, 0.4) is 0 Å². The van der Waals surface area contributed by atoms with Crippen LogP contribution in [0.5, 0.6) is 5.75 Å². The maximum absolute atomic E-state index is 12.9. The lowest BCUT2D eigenvalue weighted by molar-refractivity contribution is -0.114. The van der Waals surface area contributed by atoms with Crippen molar-refractivity contribution in [1.82, 2.24) is 4.90 Å². The largest absolute Gasteiger partial charge is 0.493 e. The lowest BCUT2D eigenvalue weighted by atomic mass is 10.1. The molecule has 0 bridgehead atoms. The molecule has 0 radical (unpaired) electrons. The smallest absolute Gasteiger partial charge is 0.253 e. The summed E-state index contributed by atoms with van der Waals surface area (Å²) in [5, 5.41) is 5.97. The van der Waals surface area contributed by atoms with E-state index in [1.165, 1.54) is 5.56 Å². The molecule has 0 saturated carbocycles. The minimum absolute atomic E-state index is 0.0762. The highest BCUT2D eigenvalue weighted by molar-refractivity contribution is 5.96. The van der Waals surface area contributed by atoms with Crippen LogP contribution < -0.4 is 15.4 Å². The van der Waals surface area contributed by atoms with Crippen LogP contribution in [0.15, 0.2) is 109 Å². The van der Waals surface area contributed by atoms with Gasteiger partial charge in [0.15, 0.2) is 0 Å². The van der Waals surface area contributed by atoms with Crippen LogP contribution in [0, 0.1) is 0 Å². The van der Waals surface area contributed by atoms with Crippen LogP contribution in [0.4, 0.5) is 11.4 Å². The molecule has 0 heterocycles. The molecule has 6 nitrogen and oxygen atoms in total. The Bertz CT molecular complexity index is 1290. The zero-order valence-electron chi connectivity index (χ0n) is 20.9. The summed E-state index contributed by atoms with van der Waals surface area (Å²) in [5.74, 6) is 0.490. The molecule has 6 heteroatoms. The molecule has 4 rings (SSSR count). The Kier molecular flexibility index (Phi) is 8.92. The first-order valence-electron chi connectivity index (χ1n) is 12.3. The van der Waals surface area contributed by atoms with E-state index in [0.29, 0.717) is 30.1 Å². The van der Waals surface area contributed by atoms with Crippen molar-refractivity contribution in [3.05, 3.63) is 126 Å². The second-order valence-electron chi connectivity index (χ2n) is 8.74. The fraction of sp³-hybridized carbons (Fsp3) is 0.161.